The van der Waals surface area contributed by atoms with E-state index < -0.39 is 12.0 Å². The molecule has 10 heteroatoms. The highest BCUT2D eigenvalue weighted by atomic mass is 32.1. The minimum Gasteiger partial charge on any atom is -0.483 e. The summed E-state index contributed by atoms with van der Waals surface area (Å²) in [5, 5.41) is 20.9. The van der Waals surface area contributed by atoms with Gasteiger partial charge in [-0.15, -0.1) is 11.3 Å². The summed E-state index contributed by atoms with van der Waals surface area (Å²) in [6, 6.07) is 3.81. The summed E-state index contributed by atoms with van der Waals surface area (Å²) in [6.45, 7) is 4.58. The molecule has 162 valence electrons. The van der Waals surface area contributed by atoms with Gasteiger partial charge in [-0.1, -0.05) is 0 Å². The van der Waals surface area contributed by atoms with Gasteiger partial charge in [-0.05, 0) is 44.4 Å². The van der Waals surface area contributed by atoms with Crippen molar-refractivity contribution >= 4 is 29.6 Å². The van der Waals surface area contributed by atoms with Gasteiger partial charge in [0.25, 0.3) is 12.4 Å². The van der Waals surface area contributed by atoms with E-state index in [1.807, 2.05) is 26.0 Å². The van der Waals surface area contributed by atoms with Gasteiger partial charge in [-0.2, -0.15) is 0 Å². The monoisotopic (exact) mass is 434 g/mol. The number of hydrogen-bond acceptors (Lipinski definition) is 7. The van der Waals surface area contributed by atoms with Crippen LogP contribution >= 0.6 is 11.3 Å². The number of thiazole rings is 1. The van der Waals surface area contributed by atoms with Crippen molar-refractivity contribution in [3.05, 3.63) is 45.7 Å². The number of rotatable bonds is 5. The summed E-state index contributed by atoms with van der Waals surface area (Å²) in [7, 11) is 0. The van der Waals surface area contributed by atoms with Crippen molar-refractivity contribution in [2.45, 2.75) is 32.8 Å². The van der Waals surface area contributed by atoms with E-state index in [-0.39, 0.29) is 24.8 Å². The molecule has 1 fully saturated rings. The highest BCUT2D eigenvalue weighted by molar-refractivity contribution is 7.13. The maximum atomic E-state index is 12.8. The van der Waals surface area contributed by atoms with Gasteiger partial charge in [0.15, 0.2) is 0 Å². The van der Waals surface area contributed by atoms with E-state index >= 15 is 0 Å². The fourth-order valence-corrected chi connectivity index (χ4v) is 4.15. The molecule has 9 nitrogen and oxygen atoms in total. The van der Waals surface area contributed by atoms with Crippen LogP contribution in [0.5, 0.6) is 0 Å². The maximum Gasteiger partial charge on any atom is 0.290 e. The first-order chi connectivity index (χ1) is 14.4. The highest BCUT2D eigenvalue weighted by Gasteiger charge is 2.36. The van der Waals surface area contributed by atoms with E-state index in [1.165, 1.54) is 11.3 Å². The van der Waals surface area contributed by atoms with Crippen molar-refractivity contribution < 1.29 is 24.6 Å². The van der Waals surface area contributed by atoms with Crippen LogP contribution in [0.1, 0.15) is 32.4 Å². The minimum absolute atomic E-state index is 0.111. The molecule has 30 heavy (non-hydrogen) atoms. The number of likely N-dealkylation sites (tertiary alicyclic amines) is 1. The van der Waals surface area contributed by atoms with Crippen LogP contribution in [-0.4, -0.2) is 69.1 Å². The molecule has 0 aromatic carbocycles. The van der Waals surface area contributed by atoms with Gasteiger partial charge in [-0.25, -0.2) is 4.98 Å². The second-order valence-corrected chi connectivity index (χ2v) is 8.07. The number of aliphatic hydroxyl groups is 1. The van der Waals surface area contributed by atoms with Crippen LogP contribution in [0.4, 0.5) is 0 Å². The smallest absolute Gasteiger partial charge is 0.290 e. The van der Waals surface area contributed by atoms with E-state index in [4.69, 9.17) is 9.90 Å². The van der Waals surface area contributed by atoms with Gasteiger partial charge in [0, 0.05) is 32.0 Å². The molecule has 0 radical (unpaired) electrons. The van der Waals surface area contributed by atoms with Crippen molar-refractivity contribution in [1.29, 1.82) is 0 Å². The average Bonchev–Trinajstić information content (AvgIpc) is 3.07. The molecule has 3 rings (SSSR count). The third kappa shape index (κ3) is 6.33. The van der Waals surface area contributed by atoms with E-state index in [1.54, 1.807) is 17.3 Å². The Morgan fingerprint density at radius 1 is 1.33 bits per heavy atom. The minimum atomic E-state index is -0.737. The summed E-state index contributed by atoms with van der Waals surface area (Å²) in [5.41, 5.74) is 1.80. The largest absolute Gasteiger partial charge is 0.483 e. The summed E-state index contributed by atoms with van der Waals surface area (Å²) in [5.74, 6) is -0.944. The molecule has 2 aromatic heterocycles. The molecule has 3 N–H and O–H groups in total. The third-order valence-corrected chi connectivity index (χ3v) is 5.82. The molecule has 0 saturated carbocycles. The van der Waals surface area contributed by atoms with Gasteiger partial charge in [-0.3, -0.25) is 19.4 Å². The lowest BCUT2D eigenvalue weighted by Gasteiger charge is -2.35. The second-order valence-electron chi connectivity index (χ2n) is 6.86. The normalized spacial score (nSPS) is 18.2. The Balaban J connectivity index is 0.00000101. The van der Waals surface area contributed by atoms with E-state index in [9.17, 15) is 14.7 Å². The van der Waals surface area contributed by atoms with Crippen molar-refractivity contribution in [2.75, 3.05) is 19.6 Å². The zero-order chi connectivity index (χ0) is 22.1. The molecule has 0 unspecified atom stereocenters. The number of piperidine rings is 1. The SMILES string of the molecule is Cc1nc(C)c(C(=O)N2CC[C@@H](O)[C@@H](C(=O)NCCc3ccncc3)C2)s1.O=CO. The molecule has 0 spiro atoms. The van der Waals surface area contributed by atoms with Crippen molar-refractivity contribution in [3.63, 3.8) is 0 Å². The van der Waals surface area contributed by atoms with Crippen LogP contribution in [0.15, 0.2) is 24.5 Å². The van der Waals surface area contributed by atoms with Crippen molar-refractivity contribution in [3.8, 4) is 0 Å². The summed E-state index contributed by atoms with van der Waals surface area (Å²) >= 11 is 1.37. The fourth-order valence-electron chi connectivity index (χ4n) is 3.27. The highest BCUT2D eigenvalue weighted by Crippen LogP contribution is 2.24. The van der Waals surface area contributed by atoms with Crippen molar-refractivity contribution in [2.24, 2.45) is 5.92 Å². The number of aliphatic hydroxyl groups excluding tert-OH is 1. The van der Waals surface area contributed by atoms with Crippen LogP contribution in [0.3, 0.4) is 0 Å². The van der Waals surface area contributed by atoms with Crippen molar-refractivity contribution in [1.82, 2.24) is 20.2 Å². The topological polar surface area (TPSA) is 133 Å². The molecule has 2 aromatic rings. The molecule has 1 aliphatic heterocycles. The second kappa shape index (κ2) is 11.4. The first-order valence-corrected chi connectivity index (χ1v) is 10.3. The molecular weight excluding hydrogens is 408 g/mol. The number of nitrogens with zero attached hydrogens (tertiary/aromatic N) is 3. The Morgan fingerprint density at radius 2 is 2.00 bits per heavy atom. The van der Waals surface area contributed by atoms with Crippen LogP contribution < -0.4 is 5.32 Å². The van der Waals surface area contributed by atoms with Gasteiger partial charge in [0.1, 0.15) is 4.88 Å². The van der Waals surface area contributed by atoms with Gasteiger partial charge in [0.05, 0.1) is 22.7 Å². The molecule has 0 aliphatic carbocycles. The molecular formula is C20H26N4O5S. The Kier molecular flexibility index (Phi) is 8.88. The molecule has 1 aliphatic rings. The molecule has 1 saturated heterocycles. The first-order valence-electron chi connectivity index (χ1n) is 9.53. The molecule has 3 heterocycles. The Labute approximate surface area is 178 Å². The lowest BCUT2D eigenvalue weighted by Crippen LogP contribution is -2.51. The molecule has 0 bridgehead atoms. The Morgan fingerprint density at radius 3 is 2.60 bits per heavy atom. The summed E-state index contributed by atoms with van der Waals surface area (Å²) < 4.78 is 0. The zero-order valence-electron chi connectivity index (χ0n) is 16.9. The number of aryl methyl sites for hydroxylation is 2. The first kappa shape index (κ1) is 23.4. The number of amides is 2. The van der Waals surface area contributed by atoms with Crippen LogP contribution in [0.2, 0.25) is 0 Å². The van der Waals surface area contributed by atoms with Gasteiger partial charge >= 0.3 is 0 Å². The standard InChI is InChI=1S/C19H24N4O3S.CH2O2/c1-12-17(27-13(2)22-12)19(26)23-10-6-16(24)15(11-23)18(25)21-9-5-14-3-7-20-8-4-14;2-1-3/h3-4,7-8,15-16,24H,5-6,9-11H2,1-2H3,(H,21,25);1H,(H,2,3)/t15-,16+;/m0./s1. The Hall–Kier alpha value is -2.85. The summed E-state index contributed by atoms with van der Waals surface area (Å²) in [4.78, 5) is 44.2. The predicted molar refractivity (Wildman–Crippen MR) is 111 cm³/mol. The third-order valence-electron chi connectivity index (χ3n) is 4.76. The van der Waals surface area contributed by atoms with Gasteiger partial charge < -0.3 is 20.4 Å². The van der Waals surface area contributed by atoms with E-state index in [2.05, 4.69) is 15.3 Å². The molecule has 2 amide bonds. The van der Waals surface area contributed by atoms with Crippen LogP contribution in [-0.2, 0) is 16.0 Å². The summed E-state index contributed by atoms with van der Waals surface area (Å²) in [6.07, 6.45) is 3.78. The number of pyridine rings is 1. The van der Waals surface area contributed by atoms with Crippen LogP contribution in [0, 0.1) is 19.8 Å². The lowest BCUT2D eigenvalue weighted by atomic mass is 9.93. The number of carbonyl (C=O) groups excluding carboxylic acids is 2. The Bertz CT molecular complexity index is 858. The lowest BCUT2D eigenvalue weighted by molar-refractivity contribution is -0.130. The van der Waals surface area contributed by atoms with Crippen LogP contribution in [0.25, 0.3) is 0 Å². The van der Waals surface area contributed by atoms with Gasteiger partial charge in [0.2, 0.25) is 5.91 Å². The number of carbonyl (C=O) groups is 3. The fraction of sp³-hybridized carbons (Fsp3) is 0.450. The number of nitrogens with one attached hydrogen (secondary N) is 1. The predicted octanol–water partition coefficient (Wildman–Crippen LogP) is 1.04. The number of carboxylic acid groups (broad SMARTS) is 1. The quantitative estimate of drug-likeness (QED) is 0.599. The van der Waals surface area contributed by atoms with E-state index in [0.717, 1.165) is 10.6 Å². The zero-order valence-corrected chi connectivity index (χ0v) is 17.8. The number of aromatic nitrogens is 2. The number of hydrogen-bond donors (Lipinski definition) is 3. The molecule has 2 atom stereocenters. The van der Waals surface area contributed by atoms with E-state index in [0.29, 0.717) is 36.5 Å². The maximum absolute atomic E-state index is 12.8. The average molecular weight is 435 g/mol.